The van der Waals surface area contributed by atoms with Crippen LogP contribution in [0, 0.1) is 0 Å². The smallest absolute Gasteiger partial charge is 0.196 e. The molecule has 0 aliphatic heterocycles. The van der Waals surface area contributed by atoms with Gasteiger partial charge in [0.15, 0.2) is 5.78 Å². The number of imidazole rings is 1. The van der Waals surface area contributed by atoms with E-state index in [0.29, 0.717) is 16.8 Å². The molecule has 0 amide bonds. The lowest BCUT2D eigenvalue weighted by molar-refractivity contribution is 0.104. The average Bonchev–Trinajstić information content (AvgIpc) is 2.87. The van der Waals surface area contributed by atoms with Crippen molar-refractivity contribution in [1.29, 1.82) is 0 Å². The van der Waals surface area contributed by atoms with Crippen LogP contribution < -0.4 is 0 Å². The number of hydrogen-bond acceptors (Lipinski definition) is 2. The fraction of sp³-hybridized carbons (Fsp3) is 0. The summed E-state index contributed by atoms with van der Waals surface area (Å²) < 4.78 is 1.84. The minimum Gasteiger partial charge on any atom is -0.307 e. The van der Waals surface area contributed by atoms with E-state index in [1.165, 1.54) is 0 Å². The van der Waals surface area contributed by atoms with Crippen LogP contribution in [0.25, 0.3) is 5.65 Å². The van der Waals surface area contributed by atoms with Crippen LogP contribution in [0.15, 0.2) is 61.1 Å². The summed E-state index contributed by atoms with van der Waals surface area (Å²) >= 11 is 0. The van der Waals surface area contributed by atoms with Gasteiger partial charge in [-0.25, -0.2) is 4.98 Å². The van der Waals surface area contributed by atoms with E-state index in [2.05, 4.69) is 4.98 Å². The summed E-state index contributed by atoms with van der Waals surface area (Å²) in [5, 5.41) is 0. The van der Waals surface area contributed by atoms with Crippen molar-refractivity contribution in [2.24, 2.45) is 0 Å². The number of benzene rings is 1. The number of carbonyl (C=O) groups excluding carboxylic acids is 1. The molecule has 0 fully saturated rings. The second-order valence-corrected chi connectivity index (χ2v) is 3.78. The van der Waals surface area contributed by atoms with Crippen molar-refractivity contribution in [2.75, 3.05) is 0 Å². The summed E-state index contributed by atoms with van der Waals surface area (Å²) in [5.74, 6) is 0.00222. The fourth-order valence-electron chi connectivity index (χ4n) is 1.87. The van der Waals surface area contributed by atoms with Crippen molar-refractivity contribution in [3.63, 3.8) is 0 Å². The van der Waals surface area contributed by atoms with Crippen LogP contribution >= 0.6 is 0 Å². The number of aromatic nitrogens is 2. The number of rotatable bonds is 2. The van der Waals surface area contributed by atoms with Gasteiger partial charge in [0.1, 0.15) is 5.65 Å². The molecule has 17 heavy (non-hydrogen) atoms. The highest BCUT2D eigenvalue weighted by Gasteiger charge is 2.12. The van der Waals surface area contributed by atoms with E-state index in [4.69, 9.17) is 0 Å². The number of hydrogen-bond donors (Lipinski definition) is 0. The van der Waals surface area contributed by atoms with Crippen LogP contribution in [-0.4, -0.2) is 15.2 Å². The number of carbonyl (C=O) groups is 1. The molecule has 0 saturated heterocycles. The first-order valence-corrected chi connectivity index (χ1v) is 5.38. The molecule has 3 rings (SSSR count). The Hall–Kier alpha value is -2.42. The Labute approximate surface area is 98.4 Å². The monoisotopic (exact) mass is 222 g/mol. The largest absolute Gasteiger partial charge is 0.307 e. The Morgan fingerprint density at radius 3 is 2.65 bits per heavy atom. The van der Waals surface area contributed by atoms with Crippen molar-refractivity contribution in [1.82, 2.24) is 9.38 Å². The minimum atomic E-state index is 0.00222. The first-order chi connectivity index (χ1) is 8.36. The molecule has 3 aromatic rings. The van der Waals surface area contributed by atoms with Crippen LogP contribution in [0.4, 0.5) is 0 Å². The molecule has 0 radical (unpaired) electrons. The standard InChI is InChI=1S/C14H10N2O/c17-13(11-5-2-1-3-6-11)12-7-4-9-16-10-8-15-14(12)16/h1-10H. The third kappa shape index (κ3) is 1.61. The van der Waals surface area contributed by atoms with Gasteiger partial charge < -0.3 is 4.40 Å². The zero-order valence-electron chi connectivity index (χ0n) is 9.08. The molecular formula is C14H10N2O. The van der Waals surface area contributed by atoms with Gasteiger partial charge in [-0.2, -0.15) is 0 Å². The number of nitrogens with zero attached hydrogens (tertiary/aromatic N) is 2. The molecule has 0 atom stereocenters. The third-order valence-electron chi connectivity index (χ3n) is 2.70. The Morgan fingerprint density at radius 1 is 1.00 bits per heavy atom. The molecule has 0 saturated carbocycles. The van der Waals surface area contributed by atoms with Crippen molar-refractivity contribution >= 4 is 11.4 Å². The third-order valence-corrected chi connectivity index (χ3v) is 2.70. The number of pyridine rings is 1. The molecule has 1 aromatic carbocycles. The topological polar surface area (TPSA) is 34.4 Å². The summed E-state index contributed by atoms with van der Waals surface area (Å²) in [6, 6.07) is 12.9. The summed E-state index contributed by atoms with van der Waals surface area (Å²) in [6.45, 7) is 0. The summed E-state index contributed by atoms with van der Waals surface area (Å²) in [4.78, 5) is 16.5. The quantitative estimate of drug-likeness (QED) is 0.624. The van der Waals surface area contributed by atoms with E-state index in [1.54, 1.807) is 12.3 Å². The van der Waals surface area contributed by atoms with E-state index in [-0.39, 0.29) is 5.78 Å². The van der Waals surface area contributed by atoms with Crippen molar-refractivity contribution in [3.05, 3.63) is 72.2 Å². The van der Waals surface area contributed by atoms with Crippen molar-refractivity contribution in [3.8, 4) is 0 Å². The van der Waals surface area contributed by atoms with Gasteiger partial charge in [-0.15, -0.1) is 0 Å². The molecule has 2 heterocycles. The van der Waals surface area contributed by atoms with E-state index >= 15 is 0 Å². The lowest BCUT2D eigenvalue weighted by atomic mass is 10.0. The fourth-order valence-corrected chi connectivity index (χ4v) is 1.87. The molecule has 0 bridgehead atoms. The van der Waals surface area contributed by atoms with Gasteiger partial charge in [0.05, 0.1) is 5.56 Å². The molecule has 0 spiro atoms. The van der Waals surface area contributed by atoms with Gasteiger partial charge in [0, 0.05) is 24.2 Å². The van der Waals surface area contributed by atoms with Crippen LogP contribution in [0.1, 0.15) is 15.9 Å². The molecule has 2 aromatic heterocycles. The summed E-state index contributed by atoms with van der Waals surface area (Å²) in [7, 11) is 0. The average molecular weight is 222 g/mol. The first-order valence-electron chi connectivity index (χ1n) is 5.38. The molecule has 0 aliphatic carbocycles. The molecule has 3 heteroatoms. The van der Waals surface area contributed by atoms with Gasteiger partial charge in [0.25, 0.3) is 0 Å². The second kappa shape index (κ2) is 3.87. The lowest BCUT2D eigenvalue weighted by Gasteiger charge is -2.02. The molecule has 82 valence electrons. The maximum Gasteiger partial charge on any atom is 0.196 e. The Kier molecular flexibility index (Phi) is 2.22. The highest BCUT2D eigenvalue weighted by atomic mass is 16.1. The zero-order chi connectivity index (χ0) is 11.7. The Bertz CT molecular complexity index is 671. The summed E-state index contributed by atoms with van der Waals surface area (Å²) in [5.41, 5.74) is 2.01. The zero-order valence-corrected chi connectivity index (χ0v) is 9.08. The molecule has 0 N–H and O–H groups in total. The van der Waals surface area contributed by atoms with E-state index in [0.717, 1.165) is 0 Å². The van der Waals surface area contributed by atoms with Crippen molar-refractivity contribution < 1.29 is 4.79 Å². The first kappa shape index (κ1) is 9.78. The second-order valence-electron chi connectivity index (χ2n) is 3.78. The van der Waals surface area contributed by atoms with E-state index in [1.807, 2.05) is 53.2 Å². The lowest BCUT2D eigenvalue weighted by Crippen LogP contribution is -2.03. The minimum absolute atomic E-state index is 0.00222. The highest BCUT2D eigenvalue weighted by molar-refractivity contribution is 6.12. The van der Waals surface area contributed by atoms with Gasteiger partial charge in [0.2, 0.25) is 0 Å². The Morgan fingerprint density at radius 2 is 1.82 bits per heavy atom. The Balaban J connectivity index is 2.16. The molecular weight excluding hydrogens is 212 g/mol. The van der Waals surface area contributed by atoms with E-state index < -0.39 is 0 Å². The number of fused-ring (bicyclic) bond motifs is 1. The highest BCUT2D eigenvalue weighted by Crippen LogP contribution is 2.14. The van der Waals surface area contributed by atoms with Crippen LogP contribution in [0.2, 0.25) is 0 Å². The predicted molar refractivity (Wildman–Crippen MR) is 65.1 cm³/mol. The SMILES string of the molecule is O=C(c1ccccc1)c1cccn2ccnc12. The van der Waals surface area contributed by atoms with Crippen LogP contribution in [0.3, 0.4) is 0 Å². The van der Waals surface area contributed by atoms with Gasteiger partial charge in [-0.1, -0.05) is 30.3 Å². The normalized spacial score (nSPS) is 10.6. The van der Waals surface area contributed by atoms with Crippen molar-refractivity contribution in [2.45, 2.75) is 0 Å². The molecule has 0 aliphatic rings. The predicted octanol–water partition coefficient (Wildman–Crippen LogP) is 2.57. The number of ketones is 1. The van der Waals surface area contributed by atoms with Crippen LogP contribution in [0.5, 0.6) is 0 Å². The maximum absolute atomic E-state index is 12.3. The van der Waals surface area contributed by atoms with Crippen LogP contribution in [-0.2, 0) is 0 Å². The van der Waals surface area contributed by atoms with Gasteiger partial charge in [-0.3, -0.25) is 4.79 Å². The molecule has 3 nitrogen and oxygen atoms in total. The van der Waals surface area contributed by atoms with E-state index in [9.17, 15) is 4.79 Å². The maximum atomic E-state index is 12.3. The summed E-state index contributed by atoms with van der Waals surface area (Å²) in [6.07, 6.45) is 5.40. The molecule has 0 unspecified atom stereocenters. The van der Waals surface area contributed by atoms with Gasteiger partial charge >= 0.3 is 0 Å². The van der Waals surface area contributed by atoms with Gasteiger partial charge in [-0.05, 0) is 12.1 Å².